The number of hydrogen-bond donors (Lipinski definition) is 4. The summed E-state index contributed by atoms with van der Waals surface area (Å²) in [5.41, 5.74) is 2.49. The molecule has 0 aromatic heterocycles. The van der Waals surface area contributed by atoms with Crippen LogP contribution in [0, 0.1) is 5.92 Å². The summed E-state index contributed by atoms with van der Waals surface area (Å²) in [6.07, 6.45) is 32.0. The zero-order valence-corrected chi connectivity index (χ0v) is 54.5. The van der Waals surface area contributed by atoms with Gasteiger partial charge >= 0.3 is 17.9 Å². The summed E-state index contributed by atoms with van der Waals surface area (Å²) in [5.74, 6) is -4.73. The topological polar surface area (TPSA) is 205 Å². The lowest BCUT2D eigenvalue weighted by Gasteiger charge is -2.23. The van der Waals surface area contributed by atoms with E-state index in [0.717, 1.165) is 87.3 Å². The molecule has 4 N–H and O–H groups in total. The highest BCUT2D eigenvalue weighted by Gasteiger charge is 2.32. The molecule has 15 nitrogen and oxygen atoms in total. The van der Waals surface area contributed by atoms with Crippen LogP contribution < -0.4 is 16.0 Å². The lowest BCUT2D eigenvalue weighted by Crippen LogP contribution is -2.50. The van der Waals surface area contributed by atoms with E-state index in [-0.39, 0.29) is 63.8 Å². The molecule has 0 aliphatic heterocycles. The maximum atomic E-state index is 14.1. The average Bonchev–Trinajstić information content (AvgIpc) is 3.74. The smallest absolute Gasteiger partial charge is 0.323 e. The van der Waals surface area contributed by atoms with Crippen molar-refractivity contribution in [2.75, 3.05) is 26.4 Å². The van der Waals surface area contributed by atoms with Gasteiger partial charge in [0.05, 0.1) is 51.4 Å². The SMILES string of the molecule is CCCCCCCCCCCC(=O)O[C@H](CCCCCCCCCCC)CC(=O)N[C@H](CO)C(=O)NCCC[C@H](COCC(C(=O)OCc1ccccc1)C(=O)OCc1ccccc1)NC(=O)C[C@@H](CCCCCCCCCCC)OCc1ccccc1. The van der Waals surface area contributed by atoms with Crippen molar-refractivity contribution in [1.82, 2.24) is 16.0 Å². The molecule has 15 heteroatoms. The third-order valence-electron chi connectivity index (χ3n) is 16.0. The van der Waals surface area contributed by atoms with Crippen LogP contribution in [-0.2, 0) is 72.3 Å². The van der Waals surface area contributed by atoms with Crippen LogP contribution in [0.5, 0.6) is 0 Å². The Balaban J connectivity index is 1.68. The maximum absolute atomic E-state index is 14.1. The predicted octanol–water partition coefficient (Wildman–Crippen LogP) is 15.0. The molecule has 0 fully saturated rings. The zero-order valence-electron chi connectivity index (χ0n) is 54.5. The van der Waals surface area contributed by atoms with Gasteiger partial charge in [0.15, 0.2) is 5.92 Å². The van der Waals surface area contributed by atoms with Crippen molar-refractivity contribution in [3.05, 3.63) is 108 Å². The van der Waals surface area contributed by atoms with Crippen molar-refractivity contribution in [2.24, 2.45) is 5.92 Å². The van der Waals surface area contributed by atoms with Crippen molar-refractivity contribution >= 4 is 35.6 Å². The van der Waals surface area contributed by atoms with Gasteiger partial charge in [-0.05, 0) is 55.2 Å². The van der Waals surface area contributed by atoms with Crippen LogP contribution in [0.2, 0.25) is 0 Å². The van der Waals surface area contributed by atoms with Gasteiger partial charge in [0.2, 0.25) is 17.7 Å². The molecule has 3 rings (SSSR count). The van der Waals surface area contributed by atoms with Crippen molar-refractivity contribution in [1.29, 1.82) is 0 Å². The van der Waals surface area contributed by atoms with E-state index < -0.39 is 54.5 Å². The zero-order chi connectivity index (χ0) is 63.3. The van der Waals surface area contributed by atoms with Gasteiger partial charge in [0.1, 0.15) is 25.4 Å². The Morgan fingerprint density at radius 1 is 0.443 bits per heavy atom. The number of esters is 3. The summed E-state index contributed by atoms with van der Waals surface area (Å²) in [7, 11) is 0. The number of unbranched alkanes of at least 4 members (excludes halogenated alkanes) is 24. The van der Waals surface area contributed by atoms with Gasteiger partial charge in [-0.25, -0.2) is 0 Å². The first kappa shape index (κ1) is 76.6. The van der Waals surface area contributed by atoms with Crippen LogP contribution in [0.1, 0.15) is 256 Å². The number of carbonyl (C=O) groups is 6. The predicted molar refractivity (Wildman–Crippen MR) is 350 cm³/mol. The molecule has 3 amide bonds. The number of rotatable bonds is 56. The molecule has 88 heavy (non-hydrogen) atoms. The van der Waals surface area contributed by atoms with Gasteiger partial charge in [-0.3, -0.25) is 28.8 Å². The van der Waals surface area contributed by atoms with Gasteiger partial charge in [0, 0.05) is 13.0 Å². The van der Waals surface area contributed by atoms with Gasteiger partial charge in [-0.1, -0.05) is 272 Å². The average molecular weight is 1230 g/mol. The normalized spacial score (nSPS) is 12.6. The van der Waals surface area contributed by atoms with Crippen LogP contribution in [0.25, 0.3) is 0 Å². The number of amides is 3. The summed E-state index contributed by atoms with van der Waals surface area (Å²) in [4.78, 5) is 81.6. The van der Waals surface area contributed by atoms with E-state index in [1.54, 1.807) is 0 Å². The van der Waals surface area contributed by atoms with Crippen molar-refractivity contribution < 1.29 is 57.6 Å². The molecule has 0 heterocycles. The lowest BCUT2D eigenvalue weighted by atomic mass is 10.0. The summed E-state index contributed by atoms with van der Waals surface area (Å²) < 4.78 is 29.7. The molecule has 0 aliphatic rings. The summed E-state index contributed by atoms with van der Waals surface area (Å²) in [5, 5.41) is 19.0. The highest BCUT2D eigenvalue weighted by molar-refractivity contribution is 5.95. The van der Waals surface area contributed by atoms with Crippen LogP contribution in [0.15, 0.2) is 91.0 Å². The number of hydrogen-bond acceptors (Lipinski definition) is 12. The second kappa shape index (κ2) is 52.2. The van der Waals surface area contributed by atoms with E-state index >= 15 is 0 Å². The van der Waals surface area contributed by atoms with E-state index in [0.29, 0.717) is 38.7 Å². The largest absolute Gasteiger partial charge is 0.462 e. The molecule has 0 radical (unpaired) electrons. The van der Waals surface area contributed by atoms with Crippen molar-refractivity contribution in [2.45, 2.75) is 283 Å². The molecule has 0 saturated heterocycles. The van der Waals surface area contributed by atoms with E-state index in [2.05, 4.69) is 36.7 Å². The molecular weight excluding hydrogens is 1110 g/mol. The number of ether oxygens (including phenoxy) is 5. The van der Waals surface area contributed by atoms with Crippen molar-refractivity contribution in [3.63, 3.8) is 0 Å². The highest BCUT2D eigenvalue weighted by Crippen LogP contribution is 2.20. The molecule has 0 bridgehead atoms. The summed E-state index contributed by atoms with van der Waals surface area (Å²) in [6.45, 7) is 5.87. The van der Waals surface area contributed by atoms with Gasteiger partial charge in [-0.15, -0.1) is 0 Å². The molecule has 0 unspecified atom stereocenters. The lowest BCUT2D eigenvalue weighted by molar-refractivity contribution is -0.167. The highest BCUT2D eigenvalue weighted by atomic mass is 16.6. The molecule has 0 saturated carbocycles. The Labute approximate surface area is 530 Å². The number of benzene rings is 3. The number of carbonyl (C=O) groups excluding carboxylic acids is 6. The molecular formula is C73H115N3O12. The Hall–Kier alpha value is -5.64. The van der Waals surface area contributed by atoms with Crippen LogP contribution in [0.3, 0.4) is 0 Å². The van der Waals surface area contributed by atoms with Gasteiger partial charge < -0.3 is 44.7 Å². The second-order valence-corrected chi connectivity index (χ2v) is 24.0. The number of aliphatic hydroxyl groups excluding tert-OH is 1. The molecule has 0 spiro atoms. The number of nitrogens with one attached hydrogen (secondary N) is 3. The standard InChI is InChI=1S/C73H115N3O12/c1-4-7-10-13-16-19-22-25-37-48-64(85-55-60-41-31-28-32-42-60)52-68(78)75-63(58-84-59-66(72(82)86-56-61-43-33-29-34-44-61)73(83)87-57-62-45-35-30-36-46-62)47-40-51-74-71(81)67(54-77)76-69(79)53-65(49-38-26-23-20-17-14-11-8-5-2)88-70(80)50-39-27-24-21-18-15-12-9-6-3/h28-36,41-46,63-67,77H,4-27,37-40,47-59H2,1-3H3,(H,74,81)(H,75,78)(H,76,79)/t63-,64-,65-,67-/m1/s1. The Kier molecular flexibility index (Phi) is 45.4. The minimum atomic E-state index is -1.43. The van der Waals surface area contributed by atoms with Crippen LogP contribution >= 0.6 is 0 Å². The Morgan fingerprint density at radius 2 is 0.852 bits per heavy atom. The quantitative estimate of drug-likeness (QED) is 0.0180. The minimum absolute atomic E-state index is 0.0608. The fraction of sp³-hybridized carbons (Fsp3) is 0.671. The van der Waals surface area contributed by atoms with E-state index in [1.807, 2.05) is 91.0 Å². The second-order valence-electron chi connectivity index (χ2n) is 24.0. The Bertz CT molecular complexity index is 2180. The molecule has 494 valence electrons. The first-order valence-corrected chi connectivity index (χ1v) is 34.4. The molecule has 3 aromatic rings. The fourth-order valence-corrected chi connectivity index (χ4v) is 10.7. The number of aliphatic hydroxyl groups is 1. The van der Waals surface area contributed by atoms with E-state index in [1.165, 1.54) is 103 Å². The summed E-state index contributed by atoms with van der Waals surface area (Å²) >= 11 is 0. The van der Waals surface area contributed by atoms with Crippen LogP contribution in [0.4, 0.5) is 0 Å². The van der Waals surface area contributed by atoms with Gasteiger partial charge in [-0.2, -0.15) is 0 Å². The maximum Gasteiger partial charge on any atom is 0.323 e. The monoisotopic (exact) mass is 1230 g/mol. The Morgan fingerprint density at radius 3 is 1.32 bits per heavy atom. The summed E-state index contributed by atoms with van der Waals surface area (Å²) in [6, 6.07) is 26.2. The third kappa shape index (κ3) is 39.4. The minimum Gasteiger partial charge on any atom is -0.462 e. The fourth-order valence-electron chi connectivity index (χ4n) is 10.7. The first-order valence-electron chi connectivity index (χ1n) is 34.4. The van der Waals surface area contributed by atoms with E-state index in [4.69, 9.17) is 23.7 Å². The van der Waals surface area contributed by atoms with Crippen molar-refractivity contribution in [3.8, 4) is 0 Å². The molecule has 3 aromatic carbocycles. The first-order chi connectivity index (χ1) is 43.0. The van der Waals surface area contributed by atoms with Crippen LogP contribution in [-0.4, -0.2) is 91.4 Å². The third-order valence-corrected chi connectivity index (χ3v) is 16.0. The molecule has 4 atom stereocenters. The van der Waals surface area contributed by atoms with E-state index in [9.17, 15) is 33.9 Å². The van der Waals surface area contributed by atoms with Gasteiger partial charge in [0.25, 0.3) is 0 Å². The molecule has 0 aliphatic carbocycles.